The molecule has 0 aromatic heterocycles. The Morgan fingerprint density at radius 1 is 0.727 bits per heavy atom. The lowest BCUT2D eigenvalue weighted by atomic mass is 10.0. The number of ether oxygens (including phenoxy) is 1. The molecule has 0 rings (SSSR count). The van der Waals surface area contributed by atoms with Crippen molar-refractivity contribution in [2.24, 2.45) is 0 Å². The summed E-state index contributed by atoms with van der Waals surface area (Å²) >= 11 is 0. The van der Waals surface area contributed by atoms with Crippen LogP contribution in [0.4, 0.5) is 0 Å². The zero-order valence-electron chi connectivity index (χ0n) is 22.5. The molecular weight excluding hydrogens is 414 g/mol. The summed E-state index contributed by atoms with van der Waals surface area (Å²) < 4.78 is 6.21. The summed E-state index contributed by atoms with van der Waals surface area (Å²) in [4.78, 5) is 22.1. The van der Waals surface area contributed by atoms with Crippen LogP contribution in [0.3, 0.4) is 0 Å². The van der Waals surface area contributed by atoms with Gasteiger partial charge in [-0.05, 0) is 19.3 Å². The average molecular weight is 470 g/mol. The van der Waals surface area contributed by atoms with E-state index in [4.69, 9.17) is 4.74 Å². The van der Waals surface area contributed by atoms with Crippen LogP contribution < -0.4 is 5.11 Å². The molecule has 0 saturated heterocycles. The number of carbonyl (C=O) groups excluding carboxylic acids is 2. The normalized spacial score (nSPS) is 12.6. The highest BCUT2D eigenvalue weighted by Crippen LogP contribution is 2.16. The first-order chi connectivity index (χ1) is 15.8. The first-order valence-corrected chi connectivity index (χ1v) is 14.0. The molecule has 0 aliphatic carbocycles. The molecule has 0 aromatic rings. The van der Waals surface area contributed by atoms with Gasteiger partial charge in [0.15, 0.2) is 6.10 Å². The van der Waals surface area contributed by atoms with Gasteiger partial charge in [0.1, 0.15) is 6.54 Å². The molecule has 1 unspecified atom stereocenters. The molecular formula is C28H55NO4. The standard InChI is InChI=1S/C28H55NO4/c1-5-6-7-8-9-10-11-12-13-14-15-16-17-18-19-20-22-27(33-26(2)30)25-29(3,4)24-21-23-28(31)32/h27H,5-25H2,1-4H3. The first kappa shape index (κ1) is 31.9. The Hall–Kier alpha value is -1.10. The highest BCUT2D eigenvalue weighted by atomic mass is 16.5. The maximum Gasteiger partial charge on any atom is 0.303 e. The number of carboxylic acids is 1. The van der Waals surface area contributed by atoms with Gasteiger partial charge in [-0.1, -0.05) is 103 Å². The molecule has 5 heteroatoms. The van der Waals surface area contributed by atoms with Crippen LogP contribution >= 0.6 is 0 Å². The van der Waals surface area contributed by atoms with Crippen LogP contribution in [-0.2, 0) is 14.3 Å². The second-order valence-corrected chi connectivity index (χ2v) is 10.6. The van der Waals surface area contributed by atoms with E-state index in [9.17, 15) is 14.7 Å². The van der Waals surface area contributed by atoms with Crippen LogP contribution in [0, 0.1) is 0 Å². The lowest BCUT2D eigenvalue weighted by Gasteiger charge is -2.33. The third kappa shape index (κ3) is 23.8. The van der Waals surface area contributed by atoms with E-state index in [0.29, 0.717) is 10.9 Å². The van der Waals surface area contributed by atoms with Gasteiger partial charge in [-0.15, -0.1) is 0 Å². The maximum absolute atomic E-state index is 11.5. The number of nitrogens with zero attached hydrogens (tertiary/aromatic N) is 1. The monoisotopic (exact) mass is 469 g/mol. The Balaban J connectivity index is 3.72. The molecule has 0 saturated carbocycles. The van der Waals surface area contributed by atoms with Crippen LogP contribution in [0.1, 0.15) is 136 Å². The summed E-state index contributed by atoms with van der Waals surface area (Å²) in [7, 11) is 4.14. The highest BCUT2D eigenvalue weighted by molar-refractivity contribution is 5.66. The summed E-state index contributed by atoms with van der Waals surface area (Å²) in [6.45, 7) is 5.21. The number of carboxylic acid groups (broad SMARTS) is 1. The first-order valence-electron chi connectivity index (χ1n) is 14.0. The molecule has 0 N–H and O–H groups in total. The number of aliphatic carboxylic acids is 1. The number of unbranched alkanes of at least 4 members (excludes halogenated alkanes) is 15. The summed E-state index contributed by atoms with van der Waals surface area (Å²) in [6.07, 6.45) is 23.1. The molecule has 0 aromatic carbocycles. The number of esters is 1. The van der Waals surface area contributed by atoms with Crippen molar-refractivity contribution in [1.29, 1.82) is 0 Å². The molecule has 33 heavy (non-hydrogen) atoms. The summed E-state index contributed by atoms with van der Waals surface area (Å²) in [5.41, 5.74) is 0. The number of hydrogen-bond acceptors (Lipinski definition) is 4. The number of likely N-dealkylation sites (N-methyl/N-ethyl adjacent to an activating group) is 1. The molecule has 0 heterocycles. The lowest BCUT2D eigenvalue weighted by Crippen LogP contribution is -2.47. The van der Waals surface area contributed by atoms with Crippen molar-refractivity contribution in [3.63, 3.8) is 0 Å². The van der Waals surface area contributed by atoms with Crippen LogP contribution in [0.5, 0.6) is 0 Å². The van der Waals surface area contributed by atoms with Gasteiger partial charge in [0.25, 0.3) is 0 Å². The SMILES string of the molecule is CCCCCCCCCCCCCCCCCCC(C[N+](C)(C)CCCC(=O)[O-])OC(C)=O. The van der Waals surface area contributed by atoms with Gasteiger partial charge in [-0.25, -0.2) is 0 Å². The van der Waals surface area contributed by atoms with Gasteiger partial charge < -0.3 is 19.1 Å². The largest absolute Gasteiger partial charge is 0.550 e. The molecule has 196 valence electrons. The molecule has 0 aliphatic rings. The van der Waals surface area contributed by atoms with Crippen LogP contribution in [0.25, 0.3) is 0 Å². The third-order valence-electron chi connectivity index (χ3n) is 6.55. The number of hydrogen-bond donors (Lipinski definition) is 0. The summed E-state index contributed by atoms with van der Waals surface area (Å²) in [5, 5.41) is 10.6. The summed E-state index contributed by atoms with van der Waals surface area (Å²) in [5.74, 6) is -1.23. The fourth-order valence-corrected chi connectivity index (χ4v) is 4.64. The average Bonchev–Trinajstić information content (AvgIpc) is 2.72. The minimum atomic E-state index is -1.00. The highest BCUT2D eigenvalue weighted by Gasteiger charge is 2.23. The second-order valence-electron chi connectivity index (χ2n) is 10.6. The van der Waals surface area contributed by atoms with E-state index < -0.39 is 5.97 Å². The van der Waals surface area contributed by atoms with Gasteiger partial charge in [-0.3, -0.25) is 4.79 Å². The quantitative estimate of drug-likeness (QED) is 0.0962. The van der Waals surface area contributed by atoms with Crippen molar-refractivity contribution in [2.75, 3.05) is 27.2 Å². The van der Waals surface area contributed by atoms with E-state index in [1.807, 2.05) is 0 Å². The second kappa shape index (κ2) is 21.4. The Labute approximate surface area is 205 Å². The van der Waals surface area contributed by atoms with E-state index in [2.05, 4.69) is 21.0 Å². The number of quaternary nitrogens is 1. The van der Waals surface area contributed by atoms with Crippen molar-refractivity contribution < 1.29 is 23.9 Å². The molecule has 0 aliphatic heterocycles. The van der Waals surface area contributed by atoms with E-state index in [-0.39, 0.29) is 18.5 Å². The van der Waals surface area contributed by atoms with Crippen molar-refractivity contribution >= 4 is 11.9 Å². The van der Waals surface area contributed by atoms with Gasteiger partial charge >= 0.3 is 5.97 Å². The van der Waals surface area contributed by atoms with Gasteiger partial charge in [0.2, 0.25) is 0 Å². The van der Waals surface area contributed by atoms with Gasteiger partial charge in [0, 0.05) is 19.3 Å². The smallest absolute Gasteiger partial charge is 0.303 e. The topological polar surface area (TPSA) is 66.4 Å². The third-order valence-corrected chi connectivity index (χ3v) is 6.55. The Bertz CT molecular complexity index is 479. The van der Waals surface area contributed by atoms with Gasteiger partial charge in [0.05, 0.1) is 20.6 Å². The molecule has 0 bridgehead atoms. The zero-order valence-corrected chi connectivity index (χ0v) is 22.5. The molecule has 0 amide bonds. The molecule has 0 spiro atoms. The fraction of sp³-hybridized carbons (Fsp3) is 0.929. The maximum atomic E-state index is 11.5. The minimum absolute atomic E-state index is 0.0824. The van der Waals surface area contributed by atoms with Crippen LogP contribution in [0.15, 0.2) is 0 Å². The Morgan fingerprint density at radius 3 is 1.55 bits per heavy atom. The fourth-order valence-electron chi connectivity index (χ4n) is 4.64. The number of carbonyl (C=O) groups is 2. The van der Waals surface area contributed by atoms with Gasteiger partial charge in [-0.2, -0.15) is 0 Å². The Morgan fingerprint density at radius 2 is 1.15 bits per heavy atom. The van der Waals surface area contributed by atoms with Crippen molar-refractivity contribution in [3.8, 4) is 0 Å². The Kier molecular flexibility index (Phi) is 20.7. The summed E-state index contributed by atoms with van der Waals surface area (Å²) in [6, 6.07) is 0. The van der Waals surface area contributed by atoms with E-state index in [1.54, 1.807) is 0 Å². The van der Waals surface area contributed by atoms with Crippen LogP contribution in [-0.4, -0.2) is 49.7 Å². The van der Waals surface area contributed by atoms with E-state index in [1.165, 1.54) is 103 Å². The van der Waals surface area contributed by atoms with Crippen molar-refractivity contribution in [1.82, 2.24) is 0 Å². The van der Waals surface area contributed by atoms with Crippen molar-refractivity contribution in [2.45, 2.75) is 142 Å². The lowest BCUT2D eigenvalue weighted by molar-refractivity contribution is -0.893. The van der Waals surface area contributed by atoms with E-state index >= 15 is 0 Å². The minimum Gasteiger partial charge on any atom is -0.550 e. The molecule has 0 radical (unpaired) electrons. The van der Waals surface area contributed by atoms with Crippen molar-refractivity contribution in [3.05, 3.63) is 0 Å². The van der Waals surface area contributed by atoms with Crippen LogP contribution in [0.2, 0.25) is 0 Å². The molecule has 5 nitrogen and oxygen atoms in total. The predicted molar refractivity (Wildman–Crippen MR) is 136 cm³/mol. The molecule has 1 atom stereocenters. The predicted octanol–water partition coefficient (Wildman–Crippen LogP) is 6.18. The molecule has 0 fully saturated rings. The zero-order chi connectivity index (χ0) is 24.8. The van der Waals surface area contributed by atoms with E-state index in [0.717, 1.165) is 25.9 Å². The number of rotatable bonds is 24.